The molecule has 0 saturated carbocycles. The van der Waals surface area contributed by atoms with Crippen LogP contribution in [-0.4, -0.2) is 10.5 Å². The first-order valence-electron chi connectivity index (χ1n) is 8.44. The fourth-order valence-corrected chi connectivity index (χ4v) is 2.64. The molecule has 1 heterocycles. The molecule has 3 nitrogen and oxygen atoms in total. The van der Waals surface area contributed by atoms with Gasteiger partial charge in [0.25, 0.3) is 5.91 Å². The molecule has 0 radical (unpaired) electrons. The minimum Gasteiger partial charge on any atom is -0.328 e. The van der Waals surface area contributed by atoms with E-state index in [0.29, 0.717) is 18.5 Å². The van der Waals surface area contributed by atoms with Crippen molar-refractivity contribution < 1.29 is 4.79 Å². The number of nitrogens with zero attached hydrogens (tertiary/aromatic N) is 2. The Hall–Kier alpha value is -2.94. The number of aromatic nitrogens is 1. The maximum Gasteiger partial charge on any atom is 0.252 e. The molecule has 3 aromatic rings. The van der Waals surface area contributed by atoms with Crippen LogP contribution in [0.1, 0.15) is 22.3 Å². The van der Waals surface area contributed by atoms with Gasteiger partial charge in [-0.25, -0.2) is 0 Å². The second-order valence-electron chi connectivity index (χ2n) is 6.34. The van der Waals surface area contributed by atoms with Gasteiger partial charge in [0.2, 0.25) is 0 Å². The zero-order valence-corrected chi connectivity index (χ0v) is 14.6. The molecule has 0 fully saturated rings. The number of carbonyl (C=O) groups is 1. The summed E-state index contributed by atoms with van der Waals surface area (Å²) in [6.45, 7) is 4.80. The minimum atomic E-state index is -0.132. The van der Waals surface area contributed by atoms with Crippen LogP contribution in [0.3, 0.4) is 0 Å². The Labute approximate surface area is 148 Å². The second kappa shape index (κ2) is 7.75. The number of amides is 1. The van der Waals surface area contributed by atoms with Crippen LogP contribution in [-0.2, 0) is 17.8 Å². The van der Waals surface area contributed by atoms with Gasteiger partial charge < -0.3 is 4.57 Å². The molecule has 0 bridgehead atoms. The van der Waals surface area contributed by atoms with E-state index in [1.165, 1.54) is 16.7 Å². The maximum atomic E-state index is 12.3. The van der Waals surface area contributed by atoms with Crippen LogP contribution >= 0.6 is 0 Å². The van der Waals surface area contributed by atoms with Crippen molar-refractivity contribution in [1.29, 1.82) is 0 Å². The van der Waals surface area contributed by atoms with Crippen LogP contribution < -0.4 is 5.49 Å². The van der Waals surface area contributed by atoms with Gasteiger partial charge in [-0.15, -0.1) is 0 Å². The molecule has 0 saturated heterocycles. The Morgan fingerprint density at radius 2 is 1.44 bits per heavy atom. The lowest BCUT2D eigenvalue weighted by molar-refractivity contribution is -0.117. The molecule has 0 unspecified atom stereocenters. The molecule has 1 amide bonds. The van der Waals surface area contributed by atoms with Gasteiger partial charge in [-0.1, -0.05) is 65.7 Å². The van der Waals surface area contributed by atoms with Crippen LogP contribution in [0.2, 0.25) is 0 Å². The van der Waals surface area contributed by atoms with Gasteiger partial charge in [-0.2, -0.15) is 4.99 Å². The van der Waals surface area contributed by atoms with Crippen molar-refractivity contribution in [2.45, 2.75) is 26.8 Å². The summed E-state index contributed by atoms with van der Waals surface area (Å²) in [6, 6.07) is 22.1. The number of pyridine rings is 1. The molecule has 3 rings (SSSR count). The lowest BCUT2D eigenvalue weighted by Gasteiger charge is -2.08. The average molecular weight is 330 g/mol. The highest BCUT2D eigenvalue weighted by molar-refractivity contribution is 5.79. The van der Waals surface area contributed by atoms with Gasteiger partial charge in [0.05, 0.1) is 6.42 Å². The molecular formula is C22H22N2O. The Morgan fingerprint density at radius 3 is 2.08 bits per heavy atom. The normalized spacial score (nSPS) is 11.5. The van der Waals surface area contributed by atoms with Crippen LogP contribution in [0.25, 0.3) is 0 Å². The number of rotatable bonds is 4. The lowest BCUT2D eigenvalue weighted by Crippen LogP contribution is -2.22. The maximum absolute atomic E-state index is 12.3. The molecule has 0 atom stereocenters. The van der Waals surface area contributed by atoms with E-state index in [4.69, 9.17) is 0 Å². The first-order chi connectivity index (χ1) is 12.1. The third-order valence-electron chi connectivity index (χ3n) is 4.11. The fourth-order valence-electron chi connectivity index (χ4n) is 2.64. The smallest absolute Gasteiger partial charge is 0.252 e. The van der Waals surface area contributed by atoms with Crippen molar-refractivity contribution in [1.82, 2.24) is 4.57 Å². The van der Waals surface area contributed by atoms with Gasteiger partial charge in [0.1, 0.15) is 5.49 Å². The third kappa shape index (κ3) is 4.77. The van der Waals surface area contributed by atoms with Gasteiger partial charge in [-0.05, 0) is 37.1 Å². The summed E-state index contributed by atoms with van der Waals surface area (Å²) < 4.78 is 2.00. The van der Waals surface area contributed by atoms with Crippen LogP contribution in [0.5, 0.6) is 0 Å². The highest BCUT2D eigenvalue weighted by Gasteiger charge is 2.03. The number of hydrogen-bond acceptors (Lipinski definition) is 1. The average Bonchev–Trinajstić information content (AvgIpc) is 2.61. The van der Waals surface area contributed by atoms with Crippen LogP contribution in [0.15, 0.2) is 77.9 Å². The largest absolute Gasteiger partial charge is 0.328 e. The summed E-state index contributed by atoms with van der Waals surface area (Å²) in [6.07, 6.45) is 2.28. The van der Waals surface area contributed by atoms with Gasteiger partial charge in [-0.3, -0.25) is 4.79 Å². The van der Waals surface area contributed by atoms with E-state index in [2.05, 4.69) is 36.2 Å². The molecule has 0 spiro atoms. The van der Waals surface area contributed by atoms with Crippen molar-refractivity contribution in [3.63, 3.8) is 0 Å². The van der Waals surface area contributed by atoms with E-state index >= 15 is 0 Å². The van der Waals surface area contributed by atoms with E-state index in [9.17, 15) is 4.79 Å². The topological polar surface area (TPSA) is 34.4 Å². The summed E-state index contributed by atoms with van der Waals surface area (Å²) >= 11 is 0. The minimum absolute atomic E-state index is 0.132. The fraction of sp³-hybridized carbons (Fsp3) is 0.182. The first kappa shape index (κ1) is 16.9. The molecule has 0 N–H and O–H groups in total. The molecular weight excluding hydrogens is 308 g/mol. The number of hydrogen-bond donors (Lipinski definition) is 0. The van der Waals surface area contributed by atoms with Gasteiger partial charge >= 0.3 is 0 Å². The zero-order chi connectivity index (χ0) is 17.6. The Morgan fingerprint density at radius 1 is 0.840 bits per heavy atom. The van der Waals surface area contributed by atoms with Crippen LogP contribution in [0, 0.1) is 13.8 Å². The molecule has 2 aromatic carbocycles. The van der Waals surface area contributed by atoms with E-state index < -0.39 is 0 Å². The van der Waals surface area contributed by atoms with Crippen molar-refractivity contribution in [3.8, 4) is 0 Å². The Kier molecular flexibility index (Phi) is 5.24. The van der Waals surface area contributed by atoms with Crippen molar-refractivity contribution in [2.75, 3.05) is 0 Å². The number of benzene rings is 2. The molecule has 0 aliphatic carbocycles. The first-order valence-corrected chi connectivity index (χ1v) is 8.44. The summed E-state index contributed by atoms with van der Waals surface area (Å²) in [7, 11) is 0. The molecule has 0 aliphatic heterocycles. The number of carbonyl (C=O) groups excluding carboxylic acids is 1. The monoisotopic (exact) mass is 330 g/mol. The summed E-state index contributed by atoms with van der Waals surface area (Å²) in [5.41, 5.74) is 5.27. The quantitative estimate of drug-likeness (QED) is 0.716. The zero-order valence-electron chi connectivity index (χ0n) is 14.6. The SMILES string of the molecule is Cc1ccc(CC(=O)N=c2ccccn2Cc2ccc(C)cc2)cc1. The van der Waals surface area contributed by atoms with E-state index in [1.54, 1.807) is 0 Å². The summed E-state index contributed by atoms with van der Waals surface area (Å²) in [5.74, 6) is -0.132. The van der Waals surface area contributed by atoms with Crippen molar-refractivity contribution in [2.24, 2.45) is 4.99 Å². The standard InChI is InChI=1S/C22H22N2O/c1-17-6-10-19(11-7-17)15-22(25)23-21-5-3-4-14-24(21)16-20-12-8-18(2)9-13-20/h3-14H,15-16H2,1-2H3. The van der Waals surface area contributed by atoms with E-state index in [0.717, 1.165) is 5.56 Å². The summed E-state index contributed by atoms with van der Waals surface area (Å²) in [4.78, 5) is 16.7. The van der Waals surface area contributed by atoms with Gasteiger partial charge in [0, 0.05) is 12.7 Å². The van der Waals surface area contributed by atoms with E-state index in [-0.39, 0.29) is 5.91 Å². The number of aryl methyl sites for hydroxylation is 2. The van der Waals surface area contributed by atoms with Gasteiger partial charge in [0.15, 0.2) is 0 Å². The predicted octanol–water partition coefficient (Wildman–Crippen LogP) is 3.82. The molecule has 1 aromatic heterocycles. The molecule has 3 heteroatoms. The molecule has 126 valence electrons. The Balaban J connectivity index is 1.81. The lowest BCUT2D eigenvalue weighted by atomic mass is 10.1. The highest BCUT2D eigenvalue weighted by Crippen LogP contribution is 2.06. The highest BCUT2D eigenvalue weighted by atomic mass is 16.1. The molecule has 25 heavy (non-hydrogen) atoms. The van der Waals surface area contributed by atoms with E-state index in [1.807, 2.05) is 60.2 Å². The second-order valence-corrected chi connectivity index (χ2v) is 6.34. The van der Waals surface area contributed by atoms with Crippen molar-refractivity contribution >= 4 is 5.91 Å². The van der Waals surface area contributed by atoms with Crippen molar-refractivity contribution in [3.05, 3.63) is 101 Å². The predicted molar refractivity (Wildman–Crippen MR) is 100 cm³/mol. The Bertz CT molecular complexity index is 919. The summed E-state index contributed by atoms with van der Waals surface area (Å²) in [5, 5.41) is 0. The molecule has 0 aliphatic rings. The third-order valence-corrected chi connectivity index (χ3v) is 4.11. The van der Waals surface area contributed by atoms with Crippen LogP contribution in [0.4, 0.5) is 0 Å².